The minimum Gasteiger partial charge on any atom is -0.465 e. The lowest BCUT2D eigenvalue weighted by molar-refractivity contribution is -0.148. The van der Waals surface area contributed by atoms with E-state index in [0.29, 0.717) is 12.2 Å². The van der Waals surface area contributed by atoms with Crippen LogP contribution < -0.4 is 5.48 Å². The van der Waals surface area contributed by atoms with Gasteiger partial charge in [0.1, 0.15) is 0 Å². The quantitative estimate of drug-likeness (QED) is 0.612. The molecule has 0 saturated carbocycles. The number of carbonyl (C=O) groups is 1. The first-order chi connectivity index (χ1) is 6.79. The van der Waals surface area contributed by atoms with Gasteiger partial charge in [0.25, 0.3) is 0 Å². The molecule has 0 aliphatic heterocycles. The van der Waals surface area contributed by atoms with Gasteiger partial charge in [-0.05, 0) is 12.5 Å². The summed E-state index contributed by atoms with van der Waals surface area (Å²) in [5, 5.41) is 8.83. The predicted octanol–water partition coefficient (Wildman–Crippen LogP) is 1.69. The first kappa shape index (κ1) is 13.9. The Hall–Kier alpha value is -1.10. The van der Waals surface area contributed by atoms with Crippen LogP contribution in [0.1, 0.15) is 18.5 Å². The van der Waals surface area contributed by atoms with Gasteiger partial charge in [-0.3, -0.25) is 0 Å². The summed E-state index contributed by atoms with van der Waals surface area (Å²) in [4.78, 5) is 11.3. The summed E-state index contributed by atoms with van der Waals surface area (Å²) >= 11 is 0. The fourth-order valence-electron chi connectivity index (χ4n) is 1.13. The number of rotatable bonds is 4. The van der Waals surface area contributed by atoms with E-state index < -0.39 is 12.0 Å². The maximum absolute atomic E-state index is 11.3. The lowest BCUT2D eigenvalue weighted by Crippen LogP contribution is -2.27. The number of halogens is 1. The lowest BCUT2D eigenvalue weighted by Gasteiger charge is -2.13. The van der Waals surface area contributed by atoms with Crippen molar-refractivity contribution >= 4 is 18.4 Å². The summed E-state index contributed by atoms with van der Waals surface area (Å²) in [7, 11) is 0. The summed E-state index contributed by atoms with van der Waals surface area (Å²) in [5.41, 5.74) is 2.60. The summed E-state index contributed by atoms with van der Waals surface area (Å²) < 4.78 is 4.79. The minimum absolute atomic E-state index is 0. The van der Waals surface area contributed by atoms with Crippen LogP contribution in [-0.4, -0.2) is 17.8 Å². The van der Waals surface area contributed by atoms with E-state index >= 15 is 0 Å². The summed E-state index contributed by atoms with van der Waals surface area (Å²) in [5.74, 6) is -0.485. The molecule has 0 radical (unpaired) electrons. The van der Waals surface area contributed by atoms with E-state index in [0.717, 1.165) is 0 Å². The Labute approximate surface area is 94.6 Å². The fraction of sp³-hybridized carbons (Fsp3) is 0.300. The van der Waals surface area contributed by atoms with Crippen LogP contribution in [0.2, 0.25) is 0 Å². The van der Waals surface area contributed by atoms with Crippen molar-refractivity contribution in [2.45, 2.75) is 13.0 Å². The van der Waals surface area contributed by atoms with E-state index in [2.05, 4.69) is 0 Å². The lowest BCUT2D eigenvalue weighted by atomic mass is 10.1. The molecule has 0 heterocycles. The Kier molecular flexibility index (Phi) is 6.70. The smallest absolute Gasteiger partial charge is 0.330 e. The zero-order valence-corrected chi connectivity index (χ0v) is 9.16. The molecule has 84 valence electrons. The normalized spacial score (nSPS) is 11.3. The van der Waals surface area contributed by atoms with Gasteiger partial charge < -0.3 is 9.94 Å². The zero-order chi connectivity index (χ0) is 10.4. The van der Waals surface area contributed by atoms with Crippen LogP contribution in [0.5, 0.6) is 0 Å². The molecule has 1 unspecified atom stereocenters. The van der Waals surface area contributed by atoms with Crippen LogP contribution in [0.4, 0.5) is 0 Å². The fourth-order valence-corrected chi connectivity index (χ4v) is 1.13. The first-order valence-electron chi connectivity index (χ1n) is 4.40. The molecule has 0 bridgehead atoms. The highest BCUT2D eigenvalue weighted by Crippen LogP contribution is 2.13. The highest BCUT2D eigenvalue weighted by atomic mass is 35.5. The van der Waals surface area contributed by atoms with Crippen LogP contribution in [0.15, 0.2) is 30.3 Å². The average Bonchev–Trinajstić information content (AvgIpc) is 2.21. The van der Waals surface area contributed by atoms with Crippen LogP contribution in [-0.2, 0) is 9.53 Å². The van der Waals surface area contributed by atoms with Crippen molar-refractivity contribution in [3.8, 4) is 0 Å². The standard InChI is InChI=1S/C10H13NO3.ClH/c1-2-14-10(12)9(11-13)8-6-4-3-5-7-8;/h3-7,9,11,13H,2H2,1H3;1H. The van der Waals surface area contributed by atoms with Gasteiger partial charge in [0, 0.05) is 0 Å². The molecule has 5 heteroatoms. The topological polar surface area (TPSA) is 58.6 Å². The van der Waals surface area contributed by atoms with Crippen LogP contribution in [0.3, 0.4) is 0 Å². The van der Waals surface area contributed by atoms with Crippen molar-refractivity contribution in [3.05, 3.63) is 35.9 Å². The monoisotopic (exact) mass is 231 g/mol. The van der Waals surface area contributed by atoms with Gasteiger partial charge in [-0.15, -0.1) is 12.4 Å². The Morgan fingerprint density at radius 3 is 2.53 bits per heavy atom. The molecule has 1 rings (SSSR count). The molecule has 1 aromatic rings. The number of carbonyl (C=O) groups excluding carboxylic acids is 1. The first-order valence-corrected chi connectivity index (χ1v) is 4.40. The molecule has 2 N–H and O–H groups in total. The molecule has 0 aromatic heterocycles. The third kappa shape index (κ3) is 3.87. The number of nitrogens with one attached hydrogen (secondary N) is 1. The van der Waals surface area contributed by atoms with E-state index in [-0.39, 0.29) is 12.4 Å². The van der Waals surface area contributed by atoms with Crippen molar-refractivity contribution in [2.24, 2.45) is 0 Å². The molecular formula is C10H14ClNO3. The molecule has 0 amide bonds. The number of ether oxygens (including phenoxy) is 1. The third-order valence-electron chi connectivity index (χ3n) is 1.78. The van der Waals surface area contributed by atoms with Gasteiger partial charge in [0.2, 0.25) is 0 Å². The van der Waals surface area contributed by atoms with E-state index in [1.54, 1.807) is 31.2 Å². The van der Waals surface area contributed by atoms with Crippen molar-refractivity contribution < 1.29 is 14.7 Å². The summed E-state index contributed by atoms with van der Waals surface area (Å²) in [6.07, 6.45) is 0. The van der Waals surface area contributed by atoms with Gasteiger partial charge >= 0.3 is 5.97 Å². The van der Waals surface area contributed by atoms with Gasteiger partial charge in [-0.1, -0.05) is 30.3 Å². The Bertz CT molecular complexity index is 292. The molecule has 0 aliphatic carbocycles. The Morgan fingerprint density at radius 1 is 1.47 bits per heavy atom. The highest BCUT2D eigenvalue weighted by Gasteiger charge is 2.20. The molecule has 0 fully saturated rings. The minimum atomic E-state index is -0.809. The molecule has 15 heavy (non-hydrogen) atoms. The van der Waals surface area contributed by atoms with Crippen molar-refractivity contribution in [2.75, 3.05) is 6.61 Å². The average molecular weight is 232 g/mol. The molecule has 4 nitrogen and oxygen atoms in total. The van der Waals surface area contributed by atoms with E-state index in [4.69, 9.17) is 9.94 Å². The van der Waals surface area contributed by atoms with E-state index in [9.17, 15) is 4.79 Å². The Balaban J connectivity index is 0.00000196. The van der Waals surface area contributed by atoms with Crippen molar-refractivity contribution in [1.29, 1.82) is 0 Å². The van der Waals surface area contributed by atoms with Gasteiger partial charge in [0.05, 0.1) is 6.61 Å². The predicted molar refractivity (Wildman–Crippen MR) is 58.0 cm³/mol. The molecule has 0 spiro atoms. The van der Waals surface area contributed by atoms with Crippen molar-refractivity contribution in [1.82, 2.24) is 5.48 Å². The molecule has 1 aromatic carbocycles. The van der Waals surface area contributed by atoms with Crippen LogP contribution in [0, 0.1) is 0 Å². The third-order valence-corrected chi connectivity index (χ3v) is 1.78. The maximum atomic E-state index is 11.3. The zero-order valence-electron chi connectivity index (χ0n) is 8.34. The maximum Gasteiger partial charge on any atom is 0.330 e. The van der Waals surface area contributed by atoms with E-state index in [1.807, 2.05) is 11.5 Å². The molecule has 0 saturated heterocycles. The highest BCUT2D eigenvalue weighted by molar-refractivity contribution is 5.85. The van der Waals surface area contributed by atoms with Gasteiger partial charge in [-0.2, -0.15) is 5.48 Å². The number of esters is 1. The second kappa shape index (κ2) is 7.23. The van der Waals surface area contributed by atoms with Crippen LogP contribution >= 0.6 is 12.4 Å². The van der Waals surface area contributed by atoms with Crippen LogP contribution in [0.25, 0.3) is 0 Å². The largest absolute Gasteiger partial charge is 0.465 e. The van der Waals surface area contributed by atoms with E-state index in [1.165, 1.54) is 0 Å². The summed E-state index contributed by atoms with van der Waals surface area (Å²) in [6, 6.07) is 8.09. The second-order valence-corrected chi connectivity index (χ2v) is 2.72. The summed E-state index contributed by atoms with van der Waals surface area (Å²) in [6.45, 7) is 2.02. The SMILES string of the molecule is CCOC(=O)C(NO)c1ccccc1.Cl. The number of hydroxylamine groups is 1. The molecule has 0 aliphatic rings. The van der Waals surface area contributed by atoms with Crippen molar-refractivity contribution in [3.63, 3.8) is 0 Å². The van der Waals surface area contributed by atoms with Gasteiger partial charge in [0.15, 0.2) is 6.04 Å². The Morgan fingerprint density at radius 2 is 2.07 bits per heavy atom. The molecule has 1 atom stereocenters. The second-order valence-electron chi connectivity index (χ2n) is 2.72. The molecular weight excluding hydrogens is 218 g/mol. The van der Waals surface area contributed by atoms with Gasteiger partial charge in [-0.25, -0.2) is 4.79 Å². The number of hydrogen-bond acceptors (Lipinski definition) is 4. The number of hydrogen-bond donors (Lipinski definition) is 2. The number of benzene rings is 1.